The van der Waals surface area contributed by atoms with Crippen molar-refractivity contribution in [2.75, 3.05) is 6.61 Å². The fourth-order valence-corrected chi connectivity index (χ4v) is 2.52. The van der Waals surface area contributed by atoms with Gasteiger partial charge in [-0.15, -0.1) is 5.06 Å². The van der Waals surface area contributed by atoms with Gasteiger partial charge in [0.25, 0.3) is 11.8 Å². The molecule has 2 aliphatic heterocycles. The lowest BCUT2D eigenvalue weighted by Crippen LogP contribution is -2.60. The minimum absolute atomic E-state index is 0.141. The summed E-state index contributed by atoms with van der Waals surface area (Å²) in [6, 6.07) is 6.07. The molecule has 2 aliphatic rings. The fourth-order valence-electron chi connectivity index (χ4n) is 2.52. The number of aliphatic hydroxyl groups is 4. The van der Waals surface area contributed by atoms with Gasteiger partial charge in [-0.1, -0.05) is 12.1 Å². The topological polar surface area (TPSA) is 137 Å². The quantitative estimate of drug-likeness (QED) is 0.469. The molecular formula is C14H15NO8. The Labute approximate surface area is 130 Å². The summed E-state index contributed by atoms with van der Waals surface area (Å²) in [5.41, 5.74) is 0.282. The van der Waals surface area contributed by atoms with E-state index in [1.165, 1.54) is 12.1 Å². The van der Waals surface area contributed by atoms with Gasteiger partial charge in [-0.05, 0) is 12.1 Å². The van der Waals surface area contributed by atoms with Crippen molar-refractivity contribution in [1.29, 1.82) is 0 Å². The van der Waals surface area contributed by atoms with E-state index >= 15 is 0 Å². The monoisotopic (exact) mass is 325 g/mol. The molecule has 9 nitrogen and oxygen atoms in total. The van der Waals surface area contributed by atoms with Crippen molar-refractivity contribution >= 4 is 11.8 Å². The van der Waals surface area contributed by atoms with Crippen LogP contribution in [-0.4, -0.2) is 74.6 Å². The van der Waals surface area contributed by atoms with Crippen LogP contribution in [0.2, 0.25) is 0 Å². The lowest BCUT2D eigenvalue weighted by Gasteiger charge is -2.39. The zero-order valence-corrected chi connectivity index (χ0v) is 11.8. The summed E-state index contributed by atoms with van der Waals surface area (Å²) in [4.78, 5) is 29.4. The van der Waals surface area contributed by atoms with Crippen LogP contribution in [0.4, 0.5) is 0 Å². The van der Waals surface area contributed by atoms with Gasteiger partial charge in [-0.3, -0.25) is 9.59 Å². The number of amides is 2. The number of carbonyl (C=O) groups excluding carboxylic acids is 2. The largest absolute Gasteiger partial charge is 0.394 e. The molecule has 2 heterocycles. The number of hydrogen-bond acceptors (Lipinski definition) is 8. The molecule has 5 atom stereocenters. The Morgan fingerprint density at radius 1 is 1.00 bits per heavy atom. The Morgan fingerprint density at radius 3 is 2.09 bits per heavy atom. The first-order valence-electron chi connectivity index (χ1n) is 6.90. The summed E-state index contributed by atoms with van der Waals surface area (Å²) in [6.45, 7) is -0.646. The van der Waals surface area contributed by atoms with E-state index < -0.39 is 49.1 Å². The normalized spacial score (nSPS) is 33.9. The van der Waals surface area contributed by atoms with E-state index in [2.05, 4.69) is 0 Å². The third-order valence-corrected chi connectivity index (χ3v) is 3.81. The summed E-state index contributed by atoms with van der Waals surface area (Å²) in [5, 5.41) is 38.8. The zero-order valence-electron chi connectivity index (χ0n) is 11.8. The minimum Gasteiger partial charge on any atom is -0.394 e. The van der Waals surface area contributed by atoms with E-state index in [-0.39, 0.29) is 11.1 Å². The second-order valence-corrected chi connectivity index (χ2v) is 5.25. The summed E-state index contributed by atoms with van der Waals surface area (Å²) in [6.07, 6.45) is -7.74. The molecule has 1 aromatic rings. The van der Waals surface area contributed by atoms with Crippen molar-refractivity contribution in [2.24, 2.45) is 0 Å². The van der Waals surface area contributed by atoms with Gasteiger partial charge in [0.2, 0.25) is 6.29 Å². The van der Waals surface area contributed by atoms with Crippen LogP contribution in [-0.2, 0) is 9.57 Å². The van der Waals surface area contributed by atoms with Gasteiger partial charge in [-0.2, -0.15) is 0 Å². The maximum absolute atomic E-state index is 12.2. The van der Waals surface area contributed by atoms with E-state index in [0.717, 1.165) is 0 Å². The molecule has 0 spiro atoms. The Morgan fingerprint density at radius 2 is 1.57 bits per heavy atom. The van der Waals surface area contributed by atoms with Crippen molar-refractivity contribution < 1.29 is 39.6 Å². The first-order chi connectivity index (χ1) is 11.0. The molecule has 9 heteroatoms. The van der Waals surface area contributed by atoms with E-state index in [9.17, 15) is 24.9 Å². The van der Waals surface area contributed by atoms with E-state index in [1.54, 1.807) is 12.1 Å². The molecule has 1 fully saturated rings. The van der Waals surface area contributed by atoms with Crippen molar-refractivity contribution in [1.82, 2.24) is 5.06 Å². The zero-order chi connectivity index (χ0) is 16.7. The van der Waals surface area contributed by atoms with Gasteiger partial charge in [0, 0.05) is 0 Å². The molecule has 0 unspecified atom stereocenters. The molecule has 0 aromatic heterocycles. The third kappa shape index (κ3) is 2.53. The van der Waals surface area contributed by atoms with Gasteiger partial charge in [0.05, 0.1) is 17.7 Å². The lowest BCUT2D eigenvalue weighted by atomic mass is 9.99. The van der Waals surface area contributed by atoms with Crippen LogP contribution in [0.25, 0.3) is 0 Å². The molecular weight excluding hydrogens is 310 g/mol. The van der Waals surface area contributed by atoms with Crippen LogP contribution in [0.3, 0.4) is 0 Å². The number of imide groups is 1. The number of benzene rings is 1. The van der Waals surface area contributed by atoms with E-state index in [0.29, 0.717) is 5.06 Å². The van der Waals surface area contributed by atoms with Crippen LogP contribution in [0, 0.1) is 0 Å². The molecule has 1 aromatic carbocycles. The molecule has 23 heavy (non-hydrogen) atoms. The molecule has 2 amide bonds. The number of aliphatic hydroxyl groups excluding tert-OH is 4. The van der Waals surface area contributed by atoms with E-state index in [4.69, 9.17) is 14.7 Å². The smallest absolute Gasteiger partial charge is 0.285 e. The molecule has 0 saturated carbocycles. The highest BCUT2D eigenvalue weighted by molar-refractivity contribution is 6.20. The summed E-state index contributed by atoms with van der Waals surface area (Å²) >= 11 is 0. The van der Waals surface area contributed by atoms with Crippen LogP contribution < -0.4 is 0 Å². The number of hydroxylamine groups is 2. The molecule has 4 N–H and O–H groups in total. The predicted molar refractivity (Wildman–Crippen MR) is 71.8 cm³/mol. The SMILES string of the molecule is O=C1c2ccccc2C(=O)N1O[C@@H]1O[C@@H](CO)[C@H](O)[C@@H](O)[C@@H]1O. The van der Waals surface area contributed by atoms with Gasteiger partial charge < -0.3 is 25.2 Å². The number of carbonyl (C=O) groups is 2. The molecule has 3 rings (SSSR count). The highest BCUT2D eigenvalue weighted by atomic mass is 16.8. The van der Waals surface area contributed by atoms with Crippen molar-refractivity contribution in [3.8, 4) is 0 Å². The number of ether oxygens (including phenoxy) is 1. The Bertz CT molecular complexity index is 598. The Hall–Kier alpha value is -1.88. The maximum Gasteiger partial charge on any atom is 0.285 e. The minimum atomic E-state index is -1.71. The average Bonchev–Trinajstić information content (AvgIpc) is 2.80. The average molecular weight is 325 g/mol. The van der Waals surface area contributed by atoms with Crippen LogP contribution >= 0.6 is 0 Å². The molecule has 0 aliphatic carbocycles. The highest BCUT2D eigenvalue weighted by Crippen LogP contribution is 2.27. The molecule has 1 saturated heterocycles. The van der Waals surface area contributed by atoms with Gasteiger partial charge >= 0.3 is 0 Å². The number of hydrogen-bond donors (Lipinski definition) is 4. The van der Waals surface area contributed by atoms with Crippen molar-refractivity contribution in [2.45, 2.75) is 30.7 Å². The molecule has 124 valence electrons. The third-order valence-electron chi connectivity index (χ3n) is 3.81. The van der Waals surface area contributed by atoms with Crippen LogP contribution in [0.1, 0.15) is 20.7 Å². The number of nitrogens with zero attached hydrogens (tertiary/aromatic N) is 1. The maximum atomic E-state index is 12.2. The summed E-state index contributed by atoms with van der Waals surface area (Å²) < 4.78 is 5.11. The molecule has 0 bridgehead atoms. The fraction of sp³-hybridized carbons (Fsp3) is 0.429. The first kappa shape index (κ1) is 16.0. The second-order valence-electron chi connectivity index (χ2n) is 5.25. The number of fused-ring (bicyclic) bond motifs is 1. The van der Waals surface area contributed by atoms with Crippen molar-refractivity contribution in [3.05, 3.63) is 35.4 Å². The van der Waals surface area contributed by atoms with E-state index in [1.807, 2.05) is 0 Å². The Kier molecular flexibility index (Phi) is 4.15. The second kappa shape index (κ2) is 5.96. The Balaban J connectivity index is 1.80. The standard InChI is InChI=1S/C14H15NO8/c16-5-8-9(17)10(18)11(19)14(22-8)23-15-12(20)6-3-1-2-4-7(6)13(15)21/h1-4,8-11,14,16-19H,5H2/t8-,9-,10+,11-,14-/m0/s1. The summed E-state index contributed by atoms with van der Waals surface area (Å²) in [7, 11) is 0. The van der Waals surface area contributed by atoms with Crippen LogP contribution in [0.5, 0.6) is 0 Å². The van der Waals surface area contributed by atoms with Gasteiger partial charge in [0.15, 0.2) is 0 Å². The lowest BCUT2D eigenvalue weighted by molar-refractivity contribution is -0.338. The highest BCUT2D eigenvalue weighted by Gasteiger charge is 2.47. The van der Waals surface area contributed by atoms with Crippen LogP contribution in [0.15, 0.2) is 24.3 Å². The van der Waals surface area contributed by atoms with Crippen molar-refractivity contribution in [3.63, 3.8) is 0 Å². The summed E-state index contributed by atoms with van der Waals surface area (Å²) in [5.74, 6) is -1.47. The molecule has 0 radical (unpaired) electrons. The number of rotatable bonds is 3. The first-order valence-corrected chi connectivity index (χ1v) is 6.90. The van der Waals surface area contributed by atoms with Gasteiger partial charge in [-0.25, -0.2) is 4.84 Å². The predicted octanol–water partition coefficient (Wildman–Crippen LogP) is -1.99. The van der Waals surface area contributed by atoms with Gasteiger partial charge in [0.1, 0.15) is 24.4 Å².